The van der Waals surface area contributed by atoms with Crippen molar-refractivity contribution < 1.29 is 9.90 Å². The number of phenolic OH excluding ortho intramolecular Hbond substituents is 1. The molecule has 4 nitrogen and oxygen atoms in total. The van der Waals surface area contributed by atoms with Gasteiger partial charge < -0.3 is 15.7 Å². The van der Waals surface area contributed by atoms with Crippen molar-refractivity contribution in [3.05, 3.63) is 27.3 Å². The molecule has 0 saturated heterocycles. The molecule has 0 bridgehead atoms. The average molecular weight is 402 g/mol. The summed E-state index contributed by atoms with van der Waals surface area (Å²) in [4.78, 5) is 14.7. The molecule has 0 aromatic heterocycles. The van der Waals surface area contributed by atoms with Crippen LogP contribution >= 0.6 is 22.6 Å². The van der Waals surface area contributed by atoms with Crippen LogP contribution in [0.15, 0.2) is 18.2 Å². The van der Waals surface area contributed by atoms with Gasteiger partial charge in [0.2, 0.25) is 0 Å². The van der Waals surface area contributed by atoms with E-state index in [1.165, 1.54) is 0 Å². The zero-order valence-corrected chi connectivity index (χ0v) is 14.5. The Morgan fingerprint density at radius 1 is 1.38 bits per heavy atom. The van der Waals surface area contributed by atoms with Crippen LogP contribution in [-0.4, -0.2) is 34.5 Å². The minimum Gasteiger partial charge on any atom is -0.507 e. The molecule has 0 spiro atoms. The van der Waals surface area contributed by atoms with Crippen molar-refractivity contribution >= 4 is 28.5 Å². The predicted octanol–water partition coefficient (Wildman–Crippen LogP) is 3.12. The molecule has 0 unspecified atom stereocenters. The van der Waals surface area contributed by atoms with Gasteiger partial charge in [-0.2, -0.15) is 0 Å². The number of aromatic hydroxyl groups is 1. The van der Waals surface area contributed by atoms with E-state index in [2.05, 4.69) is 29.5 Å². The molecule has 21 heavy (non-hydrogen) atoms. The number of amides is 1. The highest BCUT2D eigenvalue weighted by atomic mass is 127. The Hall–Kier alpha value is -0.820. The van der Waals surface area contributed by atoms with Crippen molar-refractivity contribution in [2.45, 2.75) is 51.1 Å². The minimum atomic E-state index is 0.0176. The molecule has 3 N–H and O–H groups in total. The van der Waals surface area contributed by atoms with Crippen molar-refractivity contribution in [1.29, 1.82) is 0 Å². The highest BCUT2D eigenvalue weighted by Gasteiger charge is 2.28. The number of hydrogen-bond acceptors (Lipinski definition) is 3. The molecule has 1 aliphatic carbocycles. The van der Waals surface area contributed by atoms with Gasteiger partial charge in [-0.15, -0.1) is 0 Å². The largest absolute Gasteiger partial charge is 0.507 e. The predicted molar refractivity (Wildman–Crippen MR) is 92.4 cm³/mol. The van der Waals surface area contributed by atoms with Gasteiger partial charge in [0.1, 0.15) is 5.75 Å². The third-order valence-corrected chi connectivity index (χ3v) is 5.01. The Labute approximate surface area is 139 Å². The molecule has 0 radical (unpaired) electrons. The standard InChI is InChI=1S/C16H23IN2O2/c1-2-9-19(13-6-4-12(18)5-7-13)16(21)11-3-8-14(17)15(20)10-11/h3,8,10,12-13,20H,2,4-7,9,18H2,1H3. The molecular weight excluding hydrogens is 379 g/mol. The Kier molecular flexibility index (Phi) is 5.87. The van der Waals surface area contributed by atoms with Gasteiger partial charge in [0.15, 0.2) is 0 Å². The lowest BCUT2D eigenvalue weighted by Crippen LogP contribution is -2.44. The maximum Gasteiger partial charge on any atom is 0.254 e. The van der Waals surface area contributed by atoms with Crippen molar-refractivity contribution in [2.75, 3.05) is 6.54 Å². The molecule has 116 valence electrons. The first-order chi connectivity index (χ1) is 10.0. The van der Waals surface area contributed by atoms with E-state index in [9.17, 15) is 9.90 Å². The second-order valence-corrected chi connectivity index (χ2v) is 6.90. The van der Waals surface area contributed by atoms with Gasteiger partial charge in [-0.25, -0.2) is 0 Å². The van der Waals surface area contributed by atoms with Crippen LogP contribution in [0.5, 0.6) is 5.75 Å². The highest BCUT2D eigenvalue weighted by molar-refractivity contribution is 14.1. The van der Waals surface area contributed by atoms with E-state index < -0.39 is 0 Å². The second-order valence-electron chi connectivity index (χ2n) is 5.73. The van der Waals surface area contributed by atoms with Gasteiger partial charge in [-0.1, -0.05) is 6.92 Å². The fraction of sp³-hybridized carbons (Fsp3) is 0.562. The fourth-order valence-electron chi connectivity index (χ4n) is 2.92. The fourth-order valence-corrected chi connectivity index (χ4v) is 3.25. The quantitative estimate of drug-likeness (QED) is 0.761. The number of nitrogens with two attached hydrogens (primary N) is 1. The van der Waals surface area contributed by atoms with Crippen LogP contribution < -0.4 is 5.73 Å². The van der Waals surface area contributed by atoms with Crippen LogP contribution in [-0.2, 0) is 0 Å². The number of rotatable bonds is 4. The van der Waals surface area contributed by atoms with E-state index in [-0.39, 0.29) is 23.7 Å². The lowest BCUT2D eigenvalue weighted by Gasteiger charge is -2.36. The molecule has 0 atom stereocenters. The molecular formula is C16H23IN2O2. The smallest absolute Gasteiger partial charge is 0.254 e. The maximum absolute atomic E-state index is 12.8. The van der Waals surface area contributed by atoms with E-state index >= 15 is 0 Å². The molecule has 1 aromatic rings. The Bertz CT molecular complexity index is 499. The van der Waals surface area contributed by atoms with E-state index in [0.29, 0.717) is 5.56 Å². The zero-order chi connectivity index (χ0) is 15.4. The summed E-state index contributed by atoms with van der Waals surface area (Å²) < 4.78 is 0.759. The number of halogens is 1. The first kappa shape index (κ1) is 16.5. The number of carbonyl (C=O) groups excluding carboxylic acids is 1. The van der Waals surface area contributed by atoms with Crippen molar-refractivity contribution in [2.24, 2.45) is 5.73 Å². The molecule has 1 saturated carbocycles. The summed E-state index contributed by atoms with van der Waals surface area (Å²) in [5.74, 6) is 0.188. The minimum absolute atomic E-state index is 0.0176. The van der Waals surface area contributed by atoms with Crippen molar-refractivity contribution in [1.82, 2.24) is 4.90 Å². The van der Waals surface area contributed by atoms with Gasteiger partial charge in [-0.05, 0) is 72.9 Å². The second kappa shape index (κ2) is 7.45. The van der Waals surface area contributed by atoms with Gasteiger partial charge >= 0.3 is 0 Å². The summed E-state index contributed by atoms with van der Waals surface area (Å²) in [5, 5.41) is 9.81. The van der Waals surface area contributed by atoms with Gasteiger partial charge in [-0.3, -0.25) is 4.79 Å². The molecule has 1 amide bonds. The van der Waals surface area contributed by atoms with E-state index in [0.717, 1.165) is 42.2 Å². The summed E-state index contributed by atoms with van der Waals surface area (Å²) >= 11 is 2.06. The highest BCUT2D eigenvalue weighted by Crippen LogP contribution is 2.26. The van der Waals surface area contributed by atoms with Crippen LogP contribution in [0.3, 0.4) is 0 Å². The summed E-state index contributed by atoms with van der Waals surface area (Å²) in [7, 11) is 0. The number of benzene rings is 1. The molecule has 0 aliphatic heterocycles. The first-order valence-electron chi connectivity index (χ1n) is 7.58. The van der Waals surface area contributed by atoms with Gasteiger partial charge in [0.05, 0.1) is 3.57 Å². The molecule has 1 aliphatic rings. The Morgan fingerprint density at radius 2 is 2.05 bits per heavy atom. The van der Waals surface area contributed by atoms with Crippen LogP contribution in [0.1, 0.15) is 49.4 Å². The summed E-state index contributed by atoms with van der Waals surface area (Å²) in [6.07, 6.45) is 4.85. The molecule has 1 aromatic carbocycles. The van der Waals surface area contributed by atoms with Crippen LogP contribution in [0.25, 0.3) is 0 Å². The average Bonchev–Trinajstić information content (AvgIpc) is 2.48. The normalized spacial score (nSPS) is 22.0. The van der Waals surface area contributed by atoms with E-state index in [1.807, 2.05) is 4.90 Å². The van der Waals surface area contributed by atoms with Gasteiger partial charge in [0.25, 0.3) is 5.91 Å². The van der Waals surface area contributed by atoms with E-state index in [4.69, 9.17) is 5.73 Å². The lowest BCUT2D eigenvalue weighted by molar-refractivity contribution is 0.0626. The first-order valence-corrected chi connectivity index (χ1v) is 8.65. The zero-order valence-electron chi connectivity index (χ0n) is 12.4. The van der Waals surface area contributed by atoms with Crippen LogP contribution in [0, 0.1) is 3.57 Å². The SMILES string of the molecule is CCCN(C(=O)c1ccc(I)c(O)c1)C1CCC(N)CC1. The summed E-state index contributed by atoms with van der Waals surface area (Å²) in [5.41, 5.74) is 6.52. The maximum atomic E-state index is 12.8. The third kappa shape index (κ3) is 4.10. The van der Waals surface area contributed by atoms with E-state index in [1.54, 1.807) is 18.2 Å². The van der Waals surface area contributed by atoms with Crippen molar-refractivity contribution in [3.63, 3.8) is 0 Å². The Morgan fingerprint density at radius 3 is 2.62 bits per heavy atom. The monoisotopic (exact) mass is 402 g/mol. The number of carbonyl (C=O) groups is 1. The number of hydrogen-bond donors (Lipinski definition) is 2. The molecule has 5 heteroatoms. The number of nitrogens with zero attached hydrogens (tertiary/aromatic N) is 1. The topological polar surface area (TPSA) is 66.6 Å². The third-order valence-electron chi connectivity index (χ3n) is 4.10. The lowest BCUT2D eigenvalue weighted by atomic mass is 9.90. The number of phenols is 1. The molecule has 2 rings (SSSR count). The molecule has 1 fully saturated rings. The molecule has 0 heterocycles. The van der Waals surface area contributed by atoms with Crippen molar-refractivity contribution in [3.8, 4) is 5.75 Å². The van der Waals surface area contributed by atoms with Gasteiger partial charge in [0, 0.05) is 24.2 Å². The van der Waals surface area contributed by atoms with Crippen LogP contribution in [0.2, 0.25) is 0 Å². The summed E-state index contributed by atoms with van der Waals surface area (Å²) in [6, 6.07) is 5.70. The Balaban J connectivity index is 2.16. The van der Waals surface area contributed by atoms with Crippen LogP contribution in [0.4, 0.5) is 0 Å². The summed E-state index contributed by atoms with van der Waals surface area (Å²) in [6.45, 7) is 2.84.